The average molecular weight is 571 g/mol. The van der Waals surface area contributed by atoms with E-state index >= 15 is 0 Å². The second kappa shape index (κ2) is 19.9. The number of hydrogen-bond acceptors (Lipinski definition) is 8. The zero-order chi connectivity index (χ0) is 29.9. The molecule has 0 aliphatic heterocycles. The first-order chi connectivity index (χ1) is 19.7. The normalized spacial score (nSPS) is 11.9. The molecule has 1 unspecified atom stereocenters. The van der Waals surface area contributed by atoms with Gasteiger partial charge in [0, 0.05) is 48.8 Å². The average Bonchev–Trinajstić information content (AvgIpc) is 2.94. The van der Waals surface area contributed by atoms with Gasteiger partial charge in [-0.25, -0.2) is 0 Å². The summed E-state index contributed by atoms with van der Waals surface area (Å²) >= 11 is 0. The Morgan fingerprint density at radius 3 is 2.10 bits per heavy atom. The van der Waals surface area contributed by atoms with Crippen molar-refractivity contribution in [2.24, 2.45) is 11.8 Å². The van der Waals surface area contributed by atoms with Gasteiger partial charge in [-0.1, -0.05) is 32.9 Å². The van der Waals surface area contributed by atoms with Crippen molar-refractivity contribution in [1.82, 2.24) is 5.32 Å². The van der Waals surface area contributed by atoms with E-state index in [1.807, 2.05) is 63.2 Å². The molecule has 0 aromatic heterocycles. The summed E-state index contributed by atoms with van der Waals surface area (Å²) < 4.78 is 22.8. The molecule has 1 atom stereocenters. The predicted molar refractivity (Wildman–Crippen MR) is 164 cm³/mol. The summed E-state index contributed by atoms with van der Waals surface area (Å²) in [7, 11) is 0. The number of Topliss-reactive ketones (excluding diaryl/α,β-unsaturated/α-hetero) is 2. The monoisotopic (exact) mass is 570 g/mol. The Hall–Kier alpha value is -3.10. The van der Waals surface area contributed by atoms with Crippen molar-refractivity contribution in [1.29, 1.82) is 0 Å². The molecule has 2 aromatic carbocycles. The van der Waals surface area contributed by atoms with Crippen LogP contribution in [0, 0.1) is 11.8 Å². The van der Waals surface area contributed by atoms with Crippen LogP contribution in [0.25, 0.3) is 0 Å². The third kappa shape index (κ3) is 15.5. The Morgan fingerprint density at radius 2 is 1.37 bits per heavy atom. The van der Waals surface area contributed by atoms with Gasteiger partial charge < -0.3 is 29.6 Å². The van der Waals surface area contributed by atoms with Crippen LogP contribution in [-0.4, -0.2) is 63.7 Å². The summed E-state index contributed by atoms with van der Waals surface area (Å²) in [4.78, 5) is 24.1. The van der Waals surface area contributed by atoms with E-state index in [0.29, 0.717) is 43.9 Å². The minimum absolute atomic E-state index is 0.0200. The lowest BCUT2D eigenvalue weighted by atomic mass is 10.0. The molecule has 0 amide bonds. The molecule has 41 heavy (non-hydrogen) atoms. The SMILES string of the molecule is CC(C)Nc1cccc(OCCCCOCC(=O)C(C)CCCNCCOc2cccc(OCC(=O)C(C)C)c2)c1. The molecule has 228 valence electrons. The van der Waals surface area contributed by atoms with Crippen molar-refractivity contribution in [2.45, 2.75) is 66.3 Å². The van der Waals surface area contributed by atoms with Crippen LogP contribution in [0.15, 0.2) is 48.5 Å². The van der Waals surface area contributed by atoms with Crippen molar-refractivity contribution in [2.75, 3.05) is 51.4 Å². The van der Waals surface area contributed by atoms with Crippen molar-refractivity contribution >= 4 is 17.3 Å². The molecule has 0 saturated heterocycles. The number of benzene rings is 2. The maximum Gasteiger partial charge on any atom is 0.172 e. The second-order valence-corrected chi connectivity index (χ2v) is 10.9. The summed E-state index contributed by atoms with van der Waals surface area (Å²) in [6, 6.07) is 15.7. The lowest BCUT2D eigenvalue weighted by Gasteiger charge is -2.13. The molecule has 8 nitrogen and oxygen atoms in total. The summed E-state index contributed by atoms with van der Waals surface area (Å²) in [5.41, 5.74) is 1.06. The van der Waals surface area contributed by atoms with Gasteiger partial charge in [-0.15, -0.1) is 0 Å². The molecular weight excluding hydrogens is 520 g/mol. The number of hydrogen-bond donors (Lipinski definition) is 2. The smallest absolute Gasteiger partial charge is 0.172 e. The van der Waals surface area contributed by atoms with Gasteiger partial charge in [-0.2, -0.15) is 0 Å². The second-order valence-electron chi connectivity index (χ2n) is 10.9. The maximum absolute atomic E-state index is 12.4. The number of carbonyl (C=O) groups excluding carboxylic acids is 2. The number of rotatable bonds is 23. The van der Waals surface area contributed by atoms with Gasteiger partial charge in [-0.3, -0.25) is 9.59 Å². The van der Waals surface area contributed by atoms with Gasteiger partial charge in [0.05, 0.1) is 6.61 Å². The molecule has 2 rings (SSSR count). The molecule has 0 saturated carbocycles. The molecule has 2 aromatic rings. The number of anilines is 1. The van der Waals surface area contributed by atoms with Crippen LogP contribution in [0.5, 0.6) is 17.2 Å². The fraction of sp³-hybridized carbons (Fsp3) is 0.576. The molecule has 0 spiro atoms. The molecule has 0 aliphatic rings. The van der Waals surface area contributed by atoms with Crippen LogP contribution in [-0.2, 0) is 14.3 Å². The van der Waals surface area contributed by atoms with Gasteiger partial charge >= 0.3 is 0 Å². The van der Waals surface area contributed by atoms with Crippen LogP contribution in [0.4, 0.5) is 5.69 Å². The number of carbonyl (C=O) groups is 2. The largest absolute Gasteiger partial charge is 0.494 e. The minimum atomic E-state index is -0.0431. The maximum atomic E-state index is 12.4. The summed E-state index contributed by atoms with van der Waals surface area (Å²) in [6.07, 6.45) is 3.46. The third-order valence-corrected chi connectivity index (χ3v) is 6.40. The molecule has 0 bridgehead atoms. The summed E-state index contributed by atoms with van der Waals surface area (Å²) in [5.74, 6) is 2.34. The number of ether oxygens (including phenoxy) is 4. The van der Waals surface area contributed by atoms with Crippen LogP contribution >= 0.6 is 0 Å². The van der Waals surface area contributed by atoms with Crippen molar-refractivity contribution < 1.29 is 28.5 Å². The Balaban J connectivity index is 1.45. The zero-order valence-corrected chi connectivity index (χ0v) is 25.6. The van der Waals surface area contributed by atoms with Crippen molar-refractivity contribution in [3.8, 4) is 17.2 Å². The molecule has 0 fully saturated rings. The van der Waals surface area contributed by atoms with E-state index in [-0.39, 0.29) is 36.6 Å². The Labute approximate surface area is 246 Å². The fourth-order valence-electron chi connectivity index (χ4n) is 3.86. The topological polar surface area (TPSA) is 95.1 Å². The number of nitrogens with one attached hydrogen (secondary N) is 2. The lowest BCUT2D eigenvalue weighted by molar-refractivity contribution is -0.127. The molecule has 0 aliphatic carbocycles. The predicted octanol–water partition coefficient (Wildman–Crippen LogP) is 5.94. The van der Waals surface area contributed by atoms with Crippen molar-refractivity contribution in [3.05, 3.63) is 48.5 Å². The van der Waals surface area contributed by atoms with Crippen LogP contribution in [0.3, 0.4) is 0 Å². The molecule has 0 heterocycles. The first kappa shape index (κ1) is 34.1. The van der Waals surface area contributed by atoms with E-state index in [9.17, 15) is 9.59 Å². The van der Waals surface area contributed by atoms with E-state index in [1.165, 1.54) is 0 Å². The van der Waals surface area contributed by atoms with Crippen molar-refractivity contribution in [3.63, 3.8) is 0 Å². The van der Waals surface area contributed by atoms with Crippen LogP contribution < -0.4 is 24.8 Å². The quantitative estimate of drug-likeness (QED) is 0.159. The van der Waals surface area contributed by atoms with Gasteiger partial charge in [0.15, 0.2) is 11.6 Å². The van der Waals surface area contributed by atoms with E-state index < -0.39 is 0 Å². The van der Waals surface area contributed by atoms with E-state index in [1.54, 1.807) is 6.07 Å². The van der Waals surface area contributed by atoms with Gasteiger partial charge in [-0.05, 0) is 70.3 Å². The highest BCUT2D eigenvalue weighted by Crippen LogP contribution is 2.20. The Bertz CT molecular complexity index is 1030. The molecular formula is C33H50N2O6. The van der Waals surface area contributed by atoms with Gasteiger partial charge in [0.2, 0.25) is 0 Å². The summed E-state index contributed by atoms with van der Waals surface area (Å²) in [6.45, 7) is 13.4. The Morgan fingerprint density at radius 1 is 0.707 bits per heavy atom. The molecule has 8 heteroatoms. The number of ketones is 2. The summed E-state index contributed by atoms with van der Waals surface area (Å²) in [5, 5.41) is 6.72. The third-order valence-electron chi connectivity index (χ3n) is 6.40. The minimum Gasteiger partial charge on any atom is -0.494 e. The van der Waals surface area contributed by atoms with E-state index in [4.69, 9.17) is 18.9 Å². The van der Waals surface area contributed by atoms with E-state index in [2.05, 4.69) is 24.5 Å². The Kier molecular flexibility index (Phi) is 16.5. The molecule has 0 radical (unpaired) electrons. The first-order valence-corrected chi connectivity index (χ1v) is 14.9. The van der Waals surface area contributed by atoms with E-state index in [0.717, 1.165) is 43.7 Å². The highest BCUT2D eigenvalue weighted by Gasteiger charge is 2.12. The standard InChI is InChI=1S/C33H50N2O6/c1-25(2)32(36)24-41-31-15-9-14-30(22-31)40-20-17-34-16-10-11-27(5)33(37)23-38-18-6-7-19-39-29-13-8-12-28(21-29)35-26(3)4/h8-9,12-15,21-22,25-27,34-35H,6-7,10-11,16-20,23-24H2,1-5H3. The van der Waals surface area contributed by atoms with Gasteiger partial charge in [0.25, 0.3) is 0 Å². The number of unbranched alkanes of at least 4 members (excludes halogenated alkanes) is 1. The first-order valence-electron chi connectivity index (χ1n) is 14.9. The highest BCUT2D eigenvalue weighted by atomic mass is 16.5. The zero-order valence-electron chi connectivity index (χ0n) is 25.6. The van der Waals surface area contributed by atoms with Crippen LogP contribution in [0.2, 0.25) is 0 Å². The fourth-order valence-corrected chi connectivity index (χ4v) is 3.86. The van der Waals surface area contributed by atoms with Gasteiger partial charge in [0.1, 0.15) is 37.1 Å². The highest BCUT2D eigenvalue weighted by molar-refractivity contribution is 5.82. The molecule has 2 N–H and O–H groups in total. The lowest BCUT2D eigenvalue weighted by Crippen LogP contribution is -2.24. The van der Waals surface area contributed by atoms with Crippen LogP contribution in [0.1, 0.15) is 60.3 Å².